The van der Waals surface area contributed by atoms with Crippen LogP contribution in [0, 0.1) is 0 Å². The normalized spacial score (nSPS) is 10.9. The second-order valence-electron chi connectivity index (χ2n) is 3.77. The number of benzene rings is 1. The number of nitrogens with zero attached hydrogens (tertiary/aromatic N) is 1. The molecule has 0 amide bonds. The van der Waals surface area contributed by atoms with Gasteiger partial charge in [0, 0.05) is 20.1 Å². The van der Waals surface area contributed by atoms with E-state index in [1.807, 2.05) is 12.1 Å². The highest BCUT2D eigenvalue weighted by atomic mass is 16.5. The van der Waals surface area contributed by atoms with Crippen LogP contribution in [-0.2, 0) is 6.42 Å². The quantitative estimate of drug-likeness (QED) is 0.456. The van der Waals surface area contributed by atoms with Gasteiger partial charge in [-0.05, 0) is 24.1 Å². The Kier molecular flexibility index (Phi) is 6.40. The zero-order valence-corrected chi connectivity index (χ0v) is 11.1. The van der Waals surface area contributed by atoms with Crippen LogP contribution in [0.4, 0.5) is 0 Å². The molecule has 4 heteroatoms. The minimum atomic E-state index is 0.711. The molecule has 0 aliphatic rings. The predicted octanol–water partition coefficient (Wildman–Crippen LogP) is 1.59. The van der Waals surface area contributed by atoms with E-state index in [0.29, 0.717) is 6.54 Å². The van der Waals surface area contributed by atoms with Crippen LogP contribution >= 0.6 is 0 Å². The summed E-state index contributed by atoms with van der Waals surface area (Å²) in [7, 11) is 3.43. The molecule has 0 atom stereocenters. The van der Waals surface area contributed by atoms with E-state index in [4.69, 9.17) is 4.74 Å². The fourth-order valence-electron chi connectivity index (χ4n) is 1.51. The van der Waals surface area contributed by atoms with Gasteiger partial charge in [0.2, 0.25) is 0 Å². The van der Waals surface area contributed by atoms with E-state index >= 15 is 0 Å². The van der Waals surface area contributed by atoms with Gasteiger partial charge in [-0.1, -0.05) is 18.2 Å². The Hall–Kier alpha value is -1.97. The third-order valence-corrected chi connectivity index (χ3v) is 2.50. The summed E-state index contributed by atoms with van der Waals surface area (Å²) in [6.07, 6.45) is 2.75. The molecule has 4 nitrogen and oxygen atoms in total. The number of guanidine groups is 1. The van der Waals surface area contributed by atoms with Crippen LogP contribution in [0.3, 0.4) is 0 Å². The Labute approximate surface area is 109 Å². The highest BCUT2D eigenvalue weighted by Gasteiger charge is 1.97. The van der Waals surface area contributed by atoms with Gasteiger partial charge in [-0.2, -0.15) is 0 Å². The van der Waals surface area contributed by atoms with Crippen LogP contribution < -0.4 is 15.4 Å². The van der Waals surface area contributed by atoms with Crippen molar-refractivity contribution >= 4 is 5.96 Å². The number of hydrogen-bond donors (Lipinski definition) is 2. The summed E-state index contributed by atoms with van der Waals surface area (Å²) in [6, 6.07) is 8.08. The highest BCUT2D eigenvalue weighted by Crippen LogP contribution is 2.11. The zero-order chi connectivity index (χ0) is 13.2. The van der Waals surface area contributed by atoms with Gasteiger partial charge >= 0.3 is 0 Å². The maximum Gasteiger partial charge on any atom is 0.191 e. The zero-order valence-electron chi connectivity index (χ0n) is 11.1. The summed E-state index contributed by atoms with van der Waals surface area (Å²) in [5.41, 5.74) is 1.27. The molecule has 0 spiro atoms. The first kappa shape index (κ1) is 14.1. The molecular weight excluding hydrogens is 226 g/mol. The lowest BCUT2D eigenvalue weighted by atomic mass is 10.1. The van der Waals surface area contributed by atoms with Crippen molar-refractivity contribution in [1.29, 1.82) is 0 Å². The Morgan fingerprint density at radius 3 is 2.61 bits per heavy atom. The average Bonchev–Trinajstić information content (AvgIpc) is 2.43. The van der Waals surface area contributed by atoms with Gasteiger partial charge in [0.1, 0.15) is 5.75 Å². The molecule has 1 aromatic carbocycles. The lowest BCUT2D eigenvalue weighted by Gasteiger charge is -2.10. The van der Waals surface area contributed by atoms with E-state index in [1.165, 1.54) is 5.56 Å². The molecule has 0 bridgehead atoms. The fourth-order valence-corrected chi connectivity index (χ4v) is 1.51. The molecule has 98 valence electrons. The van der Waals surface area contributed by atoms with Crippen molar-refractivity contribution < 1.29 is 4.74 Å². The monoisotopic (exact) mass is 247 g/mol. The van der Waals surface area contributed by atoms with Crippen molar-refractivity contribution in [1.82, 2.24) is 10.6 Å². The van der Waals surface area contributed by atoms with Gasteiger partial charge in [-0.3, -0.25) is 4.99 Å². The molecule has 0 aliphatic heterocycles. The van der Waals surface area contributed by atoms with Crippen LogP contribution in [0.15, 0.2) is 41.9 Å². The largest absolute Gasteiger partial charge is 0.497 e. The van der Waals surface area contributed by atoms with Gasteiger partial charge in [0.15, 0.2) is 5.96 Å². The van der Waals surface area contributed by atoms with Gasteiger partial charge in [-0.25, -0.2) is 0 Å². The Morgan fingerprint density at radius 2 is 2.06 bits per heavy atom. The lowest BCUT2D eigenvalue weighted by Crippen LogP contribution is -2.38. The minimum absolute atomic E-state index is 0.711. The smallest absolute Gasteiger partial charge is 0.191 e. The summed E-state index contributed by atoms with van der Waals surface area (Å²) in [4.78, 5) is 4.11. The van der Waals surface area contributed by atoms with Gasteiger partial charge < -0.3 is 15.4 Å². The van der Waals surface area contributed by atoms with Crippen LogP contribution in [0.2, 0.25) is 0 Å². The van der Waals surface area contributed by atoms with E-state index in [-0.39, 0.29) is 0 Å². The molecule has 2 N–H and O–H groups in total. The molecular formula is C14H21N3O. The number of methoxy groups -OCH3 is 1. The maximum atomic E-state index is 5.12. The van der Waals surface area contributed by atoms with Gasteiger partial charge in [-0.15, -0.1) is 6.58 Å². The first-order valence-corrected chi connectivity index (χ1v) is 5.98. The SMILES string of the molecule is C=CCNC(=NC)NCCc1ccc(OC)cc1. The Bertz CT molecular complexity index is 385. The second-order valence-corrected chi connectivity index (χ2v) is 3.77. The third kappa shape index (κ3) is 4.91. The topological polar surface area (TPSA) is 45.7 Å². The van der Waals surface area contributed by atoms with Crippen molar-refractivity contribution in [3.05, 3.63) is 42.5 Å². The standard InChI is InChI=1S/C14H21N3O/c1-4-10-16-14(15-2)17-11-9-12-5-7-13(18-3)8-6-12/h4-8H,1,9-11H2,2-3H3,(H2,15,16,17). The van der Waals surface area contributed by atoms with Crippen LogP contribution in [0.25, 0.3) is 0 Å². The lowest BCUT2D eigenvalue weighted by molar-refractivity contribution is 0.414. The third-order valence-electron chi connectivity index (χ3n) is 2.50. The summed E-state index contributed by atoms with van der Waals surface area (Å²) in [6.45, 7) is 5.20. The number of hydrogen-bond acceptors (Lipinski definition) is 2. The summed E-state index contributed by atoms with van der Waals surface area (Å²) in [5.74, 6) is 1.68. The van der Waals surface area contributed by atoms with E-state index < -0.39 is 0 Å². The molecule has 0 heterocycles. The molecule has 0 aliphatic carbocycles. The first-order valence-electron chi connectivity index (χ1n) is 5.98. The van der Waals surface area contributed by atoms with Crippen molar-refractivity contribution in [3.8, 4) is 5.75 Å². The molecule has 0 saturated heterocycles. The van der Waals surface area contributed by atoms with Crippen molar-refractivity contribution in [3.63, 3.8) is 0 Å². The highest BCUT2D eigenvalue weighted by molar-refractivity contribution is 5.79. The summed E-state index contributed by atoms with van der Waals surface area (Å²) < 4.78 is 5.12. The number of aliphatic imine (C=N–C) groups is 1. The molecule has 0 saturated carbocycles. The van der Waals surface area contributed by atoms with E-state index in [1.54, 1.807) is 20.2 Å². The van der Waals surface area contributed by atoms with Crippen LogP contribution in [-0.4, -0.2) is 33.2 Å². The molecule has 1 aromatic rings. The van der Waals surface area contributed by atoms with Crippen molar-refractivity contribution in [2.45, 2.75) is 6.42 Å². The predicted molar refractivity (Wildman–Crippen MR) is 76.3 cm³/mol. The van der Waals surface area contributed by atoms with E-state index in [2.05, 4.69) is 34.3 Å². The van der Waals surface area contributed by atoms with Gasteiger partial charge in [0.05, 0.1) is 7.11 Å². The molecule has 0 fully saturated rings. The summed E-state index contributed by atoms with van der Waals surface area (Å²) >= 11 is 0. The Balaban J connectivity index is 2.33. The molecule has 18 heavy (non-hydrogen) atoms. The molecule has 0 aromatic heterocycles. The molecule has 0 unspecified atom stereocenters. The van der Waals surface area contributed by atoms with Crippen molar-refractivity contribution in [2.24, 2.45) is 4.99 Å². The molecule has 0 radical (unpaired) electrons. The first-order chi connectivity index (χ1) is 8.80. The van der Waals surface area contributed by atoms with Crippen molar-refractivity contribution in [2.75, 3.05) is 27.2 Å². The van der Waals surface area contributed by atoms with Crippen LogP contribution in [0.5, 0.6) is 5.75 Å². The Morgan fingerprint density at radius 1 is 1.33 bits per heavy atom. The number of ether oxygens (including phenoxy) is 1. The average molecular weight is 247 g/mol. The van der Waals surface area contributed by atoms with E-state index in [9.17, 15) is 0 Å². The number of nitrogens with one attached hydrogen (secondary N) is 2. The van der Waals surface area contributed by atoms with Crippen LogP contribution in [0.1, 0.15) is 5.56 Å². The van der Waals surface area contributed by atoms with E-state index in [0.717, 1.165) is 24.7 Å². The maximum absolute atomic E-state index is 5.12. The second kappa shape index (κ2) is 8.17. The number of rotatable bonds is 6. The summed E-state index contributed by atoms with van der Waals surface area (Å²) in [5, 5.41) is 6.37. The van der Waals surface area contributed by atoms with Gasteiger partial charge in [0.25, 0.3) is 0 Å². The fraction of sp³-hybridized carbons (Fsp3) is 0.357. The molecule has 1 rings (SSSR count). The minimum Gasteiger partial charge on any atom is -0.497 e.